The molecule has 0 atom stereocenters. The van der Waals surface area contributed by atoms with Gasteiger partial charge in [-0.25, -0.2) is 4.39 Å². The van der Waals surface area contributed by atoms with Crippen LogP contribution in [0.15, 0.2) is 18.2 Å². The van der Waals surface area contributed by atoms with E-state index in [4.69, 9.17) is 16.3 Å². The minimum atomic E-state index is -0.369. The van der Waals surface area contributed by atoms with Crippen molar-refractivity contribution in [2.75, 3.05) is 13.0 Å². The summed E-state index contributed by atoms with van der Waals surface area (Å²) in [5, 5.41) is 0. The van der Waals surface area contributed by atoms with Crippen LogP contribution in [0.2, 0.25) is 0 Å². The maximum absolute atomic E-state index is 13.2. The highest BCUT2D eigenvalue weighted by Crippen LogP contribution is 2.15. The Labute approximate surface area is 87.8 Å². The molecule has 1 aromatic carbocycles. The van der Waals surface area contributed by atoms with Gasteiger partial charge in [0.2, 0.25) is 0 Å². The van der Waals surface area contributed by atoms with E-state index in [0.29, 0.717) is 23.6 Å². The number of benzene rings is 1. The third-order valence-electron chi connectivity index (χ3n) is 1.62. The molecular weight excluding hydrogens is 203 g/mol. The van der Waals surface area contributed by atoms with Gasteiger partial charge in [-0.15, -0.1) is 11.6 Å². The van der Waals surface area contributed by atoms with E-state index >= 15 is 0 Å². The third kappa shape index (κ3) is 2.93. The maximum Gasteiger partial charge on any atom is 0.142 e. The lowest BCUT2D eigenvalue weighted by Crippen LogP contribution is -1.87. The van der Waals surface area contributed by atoms with Crippen molar-refractivity contribution in [2.45, 2.75) is 6.42 Å². The summed E-state index contributed by atoms with van der Waals surface area (Å²) in [6.45, 7) is 0. The molecule has 0 aromatic heterocycles. The second-order valence-corrected chi connectivity index (χ2v) is 2.96. The average Bonchev–Trinajstić information content (AvgIpc) is 2.20. The van der Waals surface area contributed by atoms with Gasteiger partial charge in [-0.05, 0) is 12.1 Å². The van der Waals surface area contributed by atoms with Gasteiger partial charge in [-0.1, -0.05) is 11.8 Å². The lowest BCUT2D eigenvalue weighted by Gasteiger charge is -1.99. The molecule has 0 aliphatic carbocycles. The average molecular weight is 213 g/mol. The van der Waals surface area contributed by atoms with Crippen LogP contribution in [-0.4, -0.2) is 13.0 Å². The van der Waals surface area contributed by atoms with Crippen molar-refractivity contribution in [1.29, 1.82) is 0 Å². The number of rotatable bonds is 2. The Hall–Kier alpha value is -1.20. The molecule has 3 heteroatoms. The lowest BCUT2D eigenvalue weighted by atomic mass is 10.2. The van der Waals surface area contributed by atoms with Crippen molar-refractivity contribution in [1.82, 2.24) is 0 Å². The van der Waals surface area contributed by atoms with Gasteiger partial charge < -0.3 is 4.74 Å². The molecule has 0 fully saturated rings. The van der Waals surface area contributed by atoms with E-state index < -0.39 is 0 Å². The van der Waals surface area contributed by atoms with Crippen LogP contribution < -0.4 is 4.74 Å². The van der Waals surface area contributed by atoms with E-state index in [1.165, 1.54) is 13.2 Å². The summed E-state index contributed by atoms with van der Waals surface area (Å²) >= 11 is 5.44. The van der Waals surface area contributed by atoms with Gasteiger partial charge in [0.25, 0.3) is 0 Å². The van der Waals surface area contributed by atoms with Crippen molar-refractivity contribution in [2.24, 2.45) is 0 Å². The van der Waals surface area contributed by atoms with Crippen LogP contribution >= 0.6 is 11.6 Å². The summed E-state index contributed by atoms with van der Waals surface area (Å²) in [5.41, 5.74) is 0.371. The van der Waals surface area contributed by atoms with Crippen molar-refractivity contribution < 1.29 is 9.13 Å². The first-order chi connectivity index (χ1) is 6.77. The van der Waals surface area contributed by atoms with Gasteiger partial charge in [-0.3, -0.25) is 0 Å². The van der Waals surface area contributed by atoms with Gasteiger partial charge >= 0.3 is 0 Å². The molecule has 0 saturated carbocycles. The van der Waals surface area contributed by atoms with Crippen molar-refractivity contribution >= 4 is 11.6 Å². The Kier molecular flexibility index (Phi) is 4.28. The molecule has 1 rings (SSSR count). The highest BCUT2D eigenvalue weighted by Gasteiger charge is 2.00. The molecule has 0 unspecified atom stereocenters. The zero-order valence-electron chi connectivity index (χ0n) is 7.81. The molecule has 1 aromatic rings. The molecule has 0 aliphatic heterocycles. The molecule has 0 bridgehead atoms. The largest absolute Gasteiger partial charge is 0.497 e. The molecular formula is C11H10ClFO. The Morgan fingerprint density at radius 1 is 1.50 bits per heavy atom. The first-order valence-electron chi connectivity index (χ1n) is 4.16. The lowest BCUT2D eigenvalue weighted by molar-refractivity contribution is 0.411. The van der Waals surface area contributed by atoms with Gasteiger partial charge in [-0.2, -0.15) is 0 Å². The molecule has 0 aliphatic rings. The molecule has 1 nitrogen and oxygen atoms in total. The normalized spacial score (nSPS) is 9.07. The quantitative estimate of drug-likeness (QED) is 0.541. The van der Waals surface area contributed by atoms with Crippen LogP contribution in [0.25, 0.3) is 0 Å². The van der Waals surface area contributed by atoms with E-state index in [1.54, 1.807) is 12.1 Å². The van der Waals surface area contributed by atoms with Crippen LogP contribution in [0.3, 0.4) is 0 Å². The van der Waals surface area contributed by atoms with Gasteiger partial charge in [0.1, 0.15) is 11.6 Å². The summed E-state index contributed by atoms with van der Waals surface area (Å²) in [5.74, 6) is 6.05. The Bertz CT molecular complexity index is 365. The van der Waals surface area contributed by atoms with Crippen LogP contribution in [-0.2, 0) is 0 Å². The van der Waals surface area contributed by atoms with Gasteiger partial charge in [0.05, 0.1) is 12.7 Å². The summed E-state index contributed by atoms with van der Waals surface area (Å²) in [4.78, 5) is 0. The highest BCUT2D eigenvalue weighted by molar-refractivity contribution is 6.18. The van der Waals surface area contributed by atoms with Crippen LogP contribution in [0, 0.1) is 17.7 Å². The summed E-state index contributed by atoms with van der Waals surface area (Å²) in [7, 11) is 1.49. The fourth-order valence-corrected chi connectivity index (χ4v) is 1.02. The summed E-state index contributed by atoms with van der Waals surface area (Å²) < 4.78 is 18.1. The summed E-state index contributed by atoms with van der Waals surface area (Å²) in [6.07, 6.45) is 0.563. The maximum atomic E-state index is 13.2. The molecule has 0 amide bonds. The SMILES string of the molecule is COc1ccc(C#CCCCl)c(F)c1. The van der Waals surface area contributed by atoms with Crippen LogP contribution in [0.4, 0.5) is 4.39 Å². The fourth-order valence-electron chi connectivity index (χ4n) is 0.929. The Balaban J connectivity index is 2.85. The number of hydrogen-bond donors (Lipinski definition) is 0. The molecule has 0 spiro atoms. The van der Waals surface area contributed by atoms with E-state index in [1.807, 2.05) is 0 Å². The molecule has 0 N–H and O–H groups in total. The van der Waals surface area contributed by atoms with Crippen molar-refractivity contribution in [3.05, 3.63) is 29.6 Å². The predicted octanol–water partition coefficient (Wildman–Crippen LogP) is 2.81. The first kappa shape index (κ1) is 10.9. The molecule has 14 heavy (non-hydrogen) atoms. The fraction of sp³-hybridized carbons (Fsp3) is 0.273. The molecule has 0 heterocycles. The number of ether oxygens (including phenoxy) is 1. The monoisotopic (exact) mass is 212 g/mol. The van der Waals surface area contributed by atoms with E-state index in [0.717, 1.165) is 0 Å². The second-order valence-electron chi connectivity index (χ2n) is 2.59. The second kappa shape index (κ2) is 5.51. The predicted molar refractivity (Wildman–Crippen MR) is 55.2 cm³/mol. The first-order valence-corrected chi connectivity index (χ1v) is 4.69. The van der Waals surface area contributed by atoms with Crippen molar-refractivity contribution in [3.8, 4) is 17.6 Å². The third-order valence-corrected chi connectivity index (χ3v) is 1.81. The minimum Gasteiger partial charge on any atom is -0.497 e. The zero-order chi connectivity index (χ0) is 10.4. The number of halogens is 2. The van der Waals surface area contributed by atoms with Gasteiger partial charge in [0.15, 0.2) is 0 Å². The number of methoxy groups -OCH3 is 1. The van der Waals surface area contributed by atoms with Gasteiger partial charge in [0, 0.05) is 18.4 Å². The van der Waals surface area contributed by atoms with E-state index in [2.05, 4.69) is 11.8 Å². The summed E-state index contributed by atoms with van der Waals surface area (Å²) in [6, 6.07) is 4.58. The number of hydrogen-bond acceptors (Lipinski definition) is 1. The van der Waals surface area contributed by atoms with E-state index in [9.17, 15) is 4.39 Å². The molecule has 74 valence electrons. The van der Waals surface area contributed by atoms with Crippen LogP contribution in [0.5, 0.6) is 5.75 Å². The topological polar surface area (TPSA) is 9.23 Å². The van der Waals surface area contributed by atoms with E-state index in [-0.39, 0.29) is 5.82 Å². The number of alkyl halides is 1. The standard InChI is InChI=1S/C11H10ClFO/c1-14-10-6-5-9(11(13)8-10)4-2-3-7-12/h5-6,8H,3,7H2,1H3. The minimum absolute atomic E-state index is 0.369. The highest BCUT2D eigenvalue weighted by atomic mass is 35.5. The molecule has 0 radical (unpaired) electrons. The van der Waals surface area contributed by atoms with Crippen LogP contribution in [0.1, 0.15) is 12.0 Å². The Morgan fingerprint density at radius 2 is 2.29 bits per heavy atom. The molecule has 0 saturated heterocycles. The zero-order valence-corrected chi connectivity index (χ0v) is 8.57. The van der Waals surface area contributed by atoms with Crippen molar-refractivity contribution in [3.63, 3.8) is 0 Å². The smallest absolute Gasteiger partial charge is 0.142 e. The Morgan fingerprint density at radius 3 is 2.86 bits per heavy atom.